The molecule has 0 radical (unpaired) electrons. The van der Waals surface area contributed by atoms with Crippen LogP contribution in [0.1, 0.15) is 6.92 Å². The minimum atomic E-state index is 0.417. The number of allylic oxidation sites excluding steroid dienone is 2. The first-order valence-corrected chi connectivity index (χ1v) is 2.22. The number of rotatable bonds is 3. The fourth-order valence-corrected chi connectivity index (χ4v) is 0.269. The molecule has 0 aliphatic rings. The van der Waals surface area contributed by atoms with Crippen molar-refractivity contribution in [2.45, 2.75) is 6.92 Å². The van der Waals surface area contributed by atoms with Crippen LogP contribution in [0.25, 0.3) is 0 Å². The molecule has 0 aromatic carbocycles. The summed E-state index contributed by atoms with van der Waals surface area (Å²) in [5.74, 6) is 0. The largest absolute Gasteiger partial charge is 0.345 e. The molecule has 0 amide bonds. The van der Waals surface area contributed by atoms with Gasteiger partial charge in [-0.15, -0.1) is 0 Å². The molecule has 0 unspecified atom stereocenters. The lowest BCUT2D eigenvalue weighted by molar-refractivity contribution is -0.105. The Morgan fingerprint density at radius 1 is 1.75 bits per heavy atom. The average molecular weight is 112 g/mol. The smallest absolute Gasteiger partial charge is 0.165 e. The molecule has 0 aliphatic heterocycles. The highest BCUT2D eigenvalue weighted by Crippen LogP contribution is 1.76. The first kappa shape index (κ1) is 6.88. The van der Waals surface area contributed by atoms with Crippen LogP contribution in [0.2, 0.25) is 0 Å². The number of hydrogen-bond acceptors (Lipinski definition) is 2. The van der Waals surface area contributed by atoms with E-state index in [0.717, 1.165) is 6.34 Å². The molecule has 44 valence electrons. The summed E-state index contributed by atoms with van der Waals surface area (Å²) in [6, 6.07) is 0. The maximum absolute atomic E-state index is 9.89. The zero-order chi connectivity index (χ0) is 6.41. The normalized spacial score (nSPS) is 10.4. The Balaban J connectivity index is 3.71. The van der Waals surface area contributed by atoms with Gasteiger partial charge in [-0.2, -0.15) is 0 Å². The van der Waals surface area contributed by atoms with E-state index < -0.39 is 0 Å². The van der Waals surface area contributed by atoms with Crippen molar-refractivity contribution in [1.29, 1.82) is 5.41 Å². The number of hydrogen-bond donors (Lipinski definition) is 2. The molecule has 0 spiro atoms. The van der Waals surface area contributed by atoms with Crippen LogP contribution in [-0.2, 0) is 4.79 Å². The standard InChI is InChI=1S/C5H8N2O/c1-2-5(3-8)7-4-6/h2-4H,1H3,(H2,6,7)/b5-2-. The van der Waals surface area contributed by atoms with Gasteiger partial charge in [-0.25, -0.2) is 0 Å². The van der Waals surface area contributed by atoms with E-state index in [-0.39, 0.29) is 0 Å². The van der Waals surface area contributed by atoms with E-state index in [0.29, 0.717) is 12.0 Å². The van der Waals surface area contributed by atoms with Crippen LogP contribution in [0.4, 0.5) is 0 Å². The maximum Gasteiger partial charge on any atom is 0.165 e. The monoisotopic (exact) mass is 112 g/mol. The molecule has 3 nitrogen and oxygen atoms in total. The summed E-state index contributed by atoms with van der Waals surface area (Å²) in [4.78, 5) is 9.89. The Morgan fingerprint density at radius 2 is 2.38 bits per heavy atom. The molecular formula is C5H8N2O. The molecule has 0 atom stereocenters. The predicted molar refractivity (Wildman–Crippen MR) is 31.7 cm³/mol. The van der Waals surface area contributed by atoms with Gasteiger partial charge in [-0.3, -0.25) is 10.2 Å². The molecule has 0 rings (SSSR count). The Bertz CT molecular complexity index is 118. The summed E-state index contributed by atoms with van der Waals surface area (Å²) < 4.78 is 0. The number of carbonyl (C=O) groups excluding carboxylic acids is 1. The molecule has 0 aliphatic carbocycles. The quantitative estimate of drug-likeness (QED) is 0.238. The van der Waals surface area contributed by atoms with Gasteiger partial charge in [-0.05, 0) is 6.92 Å². The van der Waals surface area contributed by atoms with E-state index in [1.54, 1.807) is 13.0 Å². The molecule has 0 aromatic rings. The highest BCUT2D eigenvalue weighted by atomic mass is 16.1. The highest BCUT2D eigenvalue weighted by Gasteiger charge is 1.82. The Morgan fingerprint density at radius 3 is 2.50 bits per heavy atom. The molecule has 0 heterocycles. The molecule has 8 heavy (non-hydrogen) atoms. The van der Waals surface area contributed by atoms with Gasteiger partial charge in [0.15, 0.2) is 6.29 Å². The molecule has 0 bridgehead atoms. The molecule has 2 N–H and O–H groups in total. The molecule has 0 saturated heterocycles. The van der Waals surface area contributed by atoms with Crippen molar-refractivity contribution in [3.8, 4) is 0 Å². The van der Waals surface area contributed by atoms with Gasteiger partial charge < -0.3 is 5.32 Å². The third-order valence-corrected chi connectivity index (χ3v) is 0.677. The fraction of sp³-hybridized carbons (Fsp3) is 0.200. The SMILES string of the molecule is C/C=C(/C=O)NC=N. The number of aldehydes is 1. The van der Waals surface area contributed by atoms with E-state index in [9.17, 15) is 4.79 Å². The molecule has 0 saturated carbocycles. The lowest BCUT2D eigenvalue weighted by Gasteiger charge is -1.91. The summed E-state index contributed by atoms with van der Waals surface area (Å²) in [5.41, 5.74) is 0.417. The zero-order valence-electron chi connectivity index (χ0n) is 4.64. The van der Waals surface area contributed by atoms with Gasteiger partial charge in [0.2, 0.25) is 0 Å². The molecule has 0 fully saturated rings. The maximum atomic E-state index is 9.89. The van der Waals surface area contributed by atoms with Gasteiger partial charge >= 0.3 is 0 Å². The Labute approximate surface area is 47.9 Å². The van der Waals surface area contributed by atoms with Crippen LogP contribution in [-0.4, -0.2) is 12.6 Å². The average Bonchev–Trinajstić information content (AvgIpc) is 1.83. The van der Waals surface area contributed by atoms with Crippen molar-refractivity contribution < 1.29 is 4.79 Å². The van der Waals surface area contributed by atoms with E-state index in [2.05, 4.69) is 5.32 Å². The van der Waals surface area contributed by atoms with Crippen molar-refractivity contribution in [2.75, 3.05) is 0 Å². The van der Waals surface area contributed by atoms with Crippen LogP contribution in [0.15, 0.2) is 11.8 Å². The molecular weight excluding hydrogens is 104 g/mol. The second-order valence-corrected chi connectivity index (χ2v) is 1.15. The summed E-state index contributed by atoms with van der Waals surface area (Å²) in [6.07, 6.45) is 3.22. The first-order chi connectivity index (χ1) is 3.85. The van der Waals surface area contributed by atoms with Crippen molar-refractivity contribution in [3.05, 3.63) is 11.8 Å². The van der Waals surface area contributed by atoms with Crippen molar-refractivity contribution >= 4 is 12.6 Å². The fourth-order valence-electron chi connectivity index (χ4n) is 0.269. The van der Waals surface area contributed by atoms with E-state index in [1.165, 1.54) is 0 Å². The minimum absolute atomic E-state index is 0.417. The second kappa shape index (κ2) is 4.05. The minimum Gasteiger partial charge on any atom is -0.345 e. The Hall–Kier alpha value is -1.12. The van der Waals surface area contributed by atoms with Gasteiger partial charge in [0, 0.05) is 0 Å². The van der Waals surface area contributed by atoms with Gasteiger partial charge in [0.25, 0.3) is 0 Å². The Kier molecular flexibility index (Phi) is 3.48. The van der Waals surface area contributed by atoms with Crippen LogP contribution >= 0.6 is 0 Å². The summed E-state index contributed by atoms with van der Waals surface area (Å²) in [5, 5.41) is 8.92. The van der Waals surface area contributed by atoms with Gasteiger partial charge in [0.1, 0.15) is 0 Å². The van der Waals surface area contributed by atoms with Gasteiger partial charge in [0.05, 0.1) is 12.0 Å². The van der Waals surface area contributed by atoms with Crippen molar-refractivity contribution in [2.24, 2.45) is 0 Å². The molecule has 3 heteroatoms. The van der Waals surface area contributed by atoms with Crippen molar-refractivity contribution in [1.82, 2.24) is 5.32 Å². The third kappa shape index (κ3) is 2.12. The lowest BCUT2D eigenvalue weighted by Crippen LogP contribution is -2.09. The number of carbonyl (C=O) groups is 1. The van der Waals surface area contributed by atoms with Crippen molar-refractivity contribution in [3.63, 3.8) is 0 Å². The van der Waals surface area contributed by atoms with E-state index in [4.69, 9.17) is 5.41 Å². The van der Waals surface area contributed by atoms with E-state index in [1.807, 2.05) is 0 Å². The summed E-state index contributed by atoms with van der Waals surface area (Å²) in [7, 11) is 0. The third-order valence-electron chi connectivity index (χ3n) is 0.677. The van der Waals surface area contributed by atoms with Crippen LogP contribution in [0.3, 0.4) is 0 Å². The summed E-state index contributed by atoms with van der Waals surface area (Å²) >= 11 is 0. The predicted octanol–water partition coefficient (Wildman–Crippen LogP) is 0.286. The lowest BCUT2D eigenvalue weighted by atomic mass is 10.4. The second-order valence-electron chi connectivity index (χ2n) is 1.15. The molecule has 0 aromatic heterocycles. The van der Waals surface area contributed by atoms with Gasteiger partial charge in [-0.1, -0.05) is 6.08 Å². The van der Waals surface area contributed by atoms with Crippen LogP contribution in [0.5, 0.6) is 0 Å². The highest BCUT2D eigenvalue weighted by molar-refractivity contribution is 5.77. The van der Waals surface area contributed by atoms with Crippen LogP contribution < -0.4 is 5.32 Å². The van der Waals surface area contributed by atoms with E-state index >= 15 is 0 Å². The zero-order valence-corrected chi connectivity index (χ0v) is 4.64. The van der Waals surface area contributed by atoms with Crippen LogP contribution in [0, 0.1) is 5.41 Å². The topological polar surface area (TPSA) is 53.0 Å². The first-order valence-electron chi connectivity index (χ1n) is 2.22. The summed E-state index contributed by atoms with van der Waals surface area (Å²) in [6.45, 7) is 1.72. The number of nitrogens with one attached hydrogen (secondary N) is 2.